The second kappa shape index (κ2) is 6.08. The zero-order valence-electron chi connectivity index (χ0n) is 15.3. The molecule has 4 aromatic rings. The van der Waals surface area contributed by atoms with Crippen LogP contribution < -0.4 is 16.8 Å². The summed E-state index contributed by atoms with van der Waals surface area (Å²) in [5.74, 6) is -1.08. The Hall–Kier alpha value is -3.88. The Morgan fingerprint density at radius 3 is 2.68 bits per heavy atom. The summed E-state index contributed by atoms with van der Waals surface area (Å²) < 4.78 is 6.95. The standard InChI is InChI=1S/C19H18N6O3/c1-19(2,17(20)27)24-16(26)13-8-22-15-6-4-11(9-25(13)15)10-3-5-14-12(7-10)23-18(21)28-14/h3-9H,1-2H3,(H2,20,27)(H2,21,23)(H,24,26). The third-order valence-corrected chi connectivity index (χ3v) is 4.52. The molecular weight excluding hydrogens is 360 g/mol. The Balaban J connectivity index is 1.75. The summed E-state index contributed by atoms with van der Waals surface area (Å²) in [5, 5.41) is 2.63. The molecule has 4 rings (SSSR count). The van der Waals surface area contributed by atoms with Crippen LogP contribution in [-0.2, 0) is 4.79 Å². The SMILES string of the molecule is CC(C)(NC(=O)c1cnc2ccc(-c3ccc4oc(N)nc4c3)cn12)C(N)=O. The number of carbonyl (C=O) groups is 2. The number of nitrogens with two attached hydrogens (primary N) is 2. The van der Waals surface area contributed by atoms with Gasteiger partial charge in [-0.2, -0.15) is 4.98 Å². The van der Waals surface area contributed by atoms with Gasteiger partial charge >= 0.3 is 0 Å². The molecule has 2 amide bonds. The molecule has 0 aliphatic rings. The highest BCUT2D eigenvalue weighted by Crippen LogP contribution is 2.26. The Morgan fingerprint density at radius 1 is 1.18 bits per heavy atom. The van der Waals surface area contributed by atoms with Crippen LogP contribution in [0.2, 0.25) is 0 Å². The van der Waals surface area contributed by atoms with Crippen LogP contribution in [0.25, 0.3) is 27.9 Å². The lowest BCUT2D eigenvalue weighted by atomic mass is 10.1. The molecule has 3 heterocycles. The first-order valence-corrected chi connectivity index (χ1v) is 8.50. The van der Waals surface area contributed by atoms with E-state index in [9.17, 15) is 9.59 Å². The molecule has 0 atom stereocenters. The Labute approximate surface area is 159 Å². The molecule has 1 aromatic carbocycles. The number of nitrogens with zero attached hydrogens (tertiary/aromatic N) is 3. The van der Waals surface area contributed by atoms with E-state index in [0.29, 0.717) is 16.7 Å². The highest BCUT2D eigenvalue weighted by atomic mass is 16.4. The zero-order valence-corrected chi connectivity index (χ0v) is 15.3. The van der Waals surface area contributed by atoms with Gasteiger partial charge in [0.2, 0.25) is 5.91 Å². The molecule has 142 valence electrons. The van der Waals surface area contributed by atoms with Gasteiger partial charge < -0.3 is 21.2 Å². The van der Waals surface area contributed by atoms with Gasteiger partial charge in [-0.1, -0.05) is 6.07 Å². The number of amides is 2. The second-order valence-electron chi connectivity index (χ2n) is 6.97. The minimum atomic E-state index is -1.18. The predicted molar refractivity (Wildman–Crippen MR) is 103 cm³/mol. The van der Waals surface area contributed by atoms with Crippen molar-refractivity contribution in [3.8, 4) is 11.1 Å². The van der Waals surface area contributed by atoms with Crippen molar-refractivity contribution in [2.24, 2.45) is 5.73 Å². The van der Waals surface area contributed by atoms with Crippen molar-refractivity contribution in [2.75, 3.05) is 5.73 Å². The zero-order chi connectivity index (χ0) is 20.1. The molecular formula is C19H18N6O3. The van der Waals surface area contributed by atoms with Crippen molar-refractivity contribution < 1.29 is 14.0 Å². The van der Waals surface area contributed by atoms with Gasteiger partial charge in [-0.25, -0.2) is 4.98 Å². The van der Waals surface area contributed by atoms with Gasteiger partial charge in [-0.05, 0) is 49.2 Å². The van der Waals surface area contributed by atoms with E-state index in [1.54, 1.807) is 36.6 Å². The number of imidazole rings is 1. The summed E-state index contributed by atoms with van der Waals surface area (Å²) in [4.78, 5) is 32.5. The summed E-state index contributed by atoms with van der Waals surface area (Å²) >= 11 is 0. The highest BCUT2D eigenvalue weighted by Gasteiger charge is 2.28. The van der Waals surface area contributed by atoms with Gasteiger partial charge in [-0.3, -0.25) is 14.0 Å². The number of hydrogen-bond acceptors (Lipinski definition) is 6. The van der Waals surface area contributed by atoms with Crippen LogP contribution in [0.5, 0.6) is 0 Å². The topological polar surface area (TPSA) is 142 Å². The monoisotopic (exact) mass is 378 g/mol. The molecule has 0 spiro atoms. The average Bonchev–Trinajstić information content (AvgIpc) is 3.22. The number of oxazole rings is 1. The molecule has 0 bridgehead atoms. The van der Waals surface area contributed by atoms with E-state index in [4.69, 9.17) is 15.9 Å². The number of nitrogen functional groups attached to an aromatic ring is 1. The number of carbonyl (C=O) groups excluding carboxylic acids is 2. The number of aromatic nitrogens is 3. The van der Waals surface area contributed by atoms with Crippen LogP contribution in [0, 0.1) is 0 Å². The highest BCUT2D eigenvalue weighted by molar-refractivity contribution is 5.98. The number of anilines is 1. The van der Waals surface area contributed by atoms with E-state index in [0.717, 1.165) is 11.1 Å². The van der Waals surface area contributed by atoms with E-state index in [-0.39, 0.29) is 11.7 Å². The van der Waals surface area contributed by atoms with Gasteiger partial charge in [0.1, 0.15) is 22.4 Å². The van der Waals surface area contributed by atoms with Gasteiger partial charge in [0, 0.05) is 6.20 Å². The number of fused-ring (bicyclic) bond motifs is 2. The van der Waals surface area contributed by atoms with Crippen molar-refractivity contribution in [3.05, 3.63) is 48.4 Å². The Kier molecular flexibility index (Phi) is 3.81. The van der Waals surface area contributed by atoms with Gasteiger partial charge in [0.25, 0.3) is 11.9 Å². The smallest absolute Gasteiger partial charge is 0.292 e. The summed E-state index contributed by atoms with van der Waals surface area (Å²) in [6, 6.07) is 9.31. The van der Waals surface area contributed by atoms with E-state index in [1.807, 2.05) is 18.2 Å². The number of hydrogen-bond donors (Lipinski definition) is 3. The fourth-order valence-electron chi connectivity index (χ4n) is 2.85. The molecule has 28 heavy (non-hydrogen) atoms. The molecule has 0 radical (unpaired) electrons. The molecule has 5 N–H and O–H groups in total. The Morgan fingerprint density at radius 2 is 1.93 bits per heavy atom. The van der Waals surface area contributed by atoms with Crippen LogP contribution in [0.4, 0.5) is 6.01 Å². The van der Waals surface area contributed by atoms with Gasteiger partial charge in [0.15, 0.2) is 5.58 Å². The molecule has 0 aliphatic heterocycles. The fourth-order valence-corrected chi connectivity index (χ4v) is 2.85. The van der Waals surface area contributed by atoms with Crippen molar-refractivity contribution in [1.82, 2.24) is 19.7 Å². The van der Waals surface area contributed by atoms with Gasteiger partial charge in [-0.15, -0.1) is 0 Å². The van der Waals surface area contributed by atoms with Crippen molar-refractivity contribution in [3.63, 3.8) is 0 Å². The summed E-state index contributed by atoms with van der Waals surface area (Å²) in [6.45, 7) is 3.08. The largest absolute Gasteiger partial charge is 0.424 e. The minimum Gasteiger partial charge on any atom is -0.424 e. The quantitative estimate of drug-likeness (QED) is 0.494. The average molecular weight is 378 g/mol. The third kappa shape index (κ3) is 2.92. The van der Waals surface area contributed by atoms with Crippen molar-refractivity contribution in [1.29, 1.82) is 0 Å². The number of rotatable bonds is 4. The van der Waals surface area contributed by atoms with E-state index in [2.05, 4.69) is 15.3 Å². The lowest BCUT2D eigenvalue weighted by molar-refractivity contribution is -0.122. The Bertz CT molecular complexity index is 1240. The number of benzene rings is 1. The molecule has 0 aliphatic carbocycles. The maximum atomic E-state index is 12.6. The second-order valence-corrected chi connectivity index (χ2v) is 6.97. The summed E-state index contributed by atoms with van der Waals surface area (Å²) in [7, 11) is 0. The van der Waals surface area contributed by atoms with E-state index >= 15 is 0 Å². The van der Waals surface area contributed by atoms with Crippen molar-refractivity contribution >= 4 is 34.6 Å². The van der Waals surface area contributed by atoms with E-state index < -0.39 is 17.4 Å². The maximum absolute atomic E-state index is 12.6. The summed E-state index contributed by atoms with van der Waals surface area (Å²) in [5.41, 5.74) is 13.6. The van der Waals surface area contributed by atoms with E-state index in [1.165, 1.54) is 6.20 Å². The normalized spacial score (nSPS) is 11.8. The lowest BCUT2D eigenvalue weighted by Gasteiger charge is -2.21. The van der Waals surface area contributed by atoms with Gasteiger partial charge in [0.05, 0.1) is 6.20 Å². The number of pyridine rings is 1. The van der Waals surface area contributed by atoms with Crippen LogP contribution in [-0.4, -0.2) is 31.7 Å². The lowest BCUT2D eigenvalue weighted by Crippen LogP contribution is -2.53. The summed E-state index contributed by atoms with van der Waals surface area (Å²) in [6.07, 6.45) is 3.24. The number of nitrogens with one attached hydrogen (secondary N) is 1. The number of primary amides is 1. The van der Waals surface area contributed by atoms with Crippen LogP contribution in [0.3, 0.4) is 0 Å². The minimum absolute atomic E-state index is 0.105. The van der Waals surface area contributed by atoms with Crippen molar-refractivity contribution in [2.45, 2.75) is 19.4 Å². The third-order valence-electron chi connectivity index (χ3n) is 4.52. The molecule has 3 aromatic heterocycles. The van der Waals surface area contributed by atoms with Crippen LogP contribution in [0.1, 0.15) is 24.3 Å². The molecule has 9 nitrogen and oxygen atoms in total. The first kappa shape index (κ1) is 17.5. The molecule has 9 heteroatoms. The molecule has 0 saturated heterocycles. The molecule has 0 unspecified atom stereocenters. The first-order valence-electron chi connectivity index (χ1n) is 8.50. The maximum Gasteiger partial charge on any atom is 0.292 e. The van der Waals surface area contributed by atoms with Crippen LogP contribution >= 0.6 is 0 Å². The molecule has 0 fully saturated rings. The molecule has 0 saturated carbocycles. The fraction of sp³-hybridized carbons (Fsp3) is 0.158. The van der Waals surface area contributed by atoms with Crippen LogP contribution in [0.15, 0.2) is 47.1 Å². The predicted octanol–water partition coefficient (Wildman–Crippen LogP) is 1.72. The first-order chi connectivity index (χ1) is 13.2.